The lowest BCUT2D eigenvalue weighted by atomic mass is 10.0. The molecule has 4 N–H and O–H groups in total. The minimum absolute atomic E-state index is 0.156. The lowest BCUT2D eigenvalue weighted by molar-refractivity contribution is -0.133. The molecule has 2 amide bonds. The molecule has 2 aromatic carbocycles. The minimum atomic E-state index is -1.38. The summed E-state index contributed by atoms with van der Waals surface area (Å²) in [4.78, 5) is 23.9. The Bertz CT molecular complexity index is 740. The van der Waals surface area contributed by atoms with Gasteiger partial charge in [-0.05, 0) is 29.3 Å². The van der Waals surface area contributed by atoms with E-state index in [1.165, 1.54) is 0 Å². The van der Waals surface area contributed by atoms with Crippen LogP contribution in [0.5, 0.6) is 0 Å². The smallest absolute Gasteiger partial charge is 0.254 e. The molecule has 0 aliphatic rings. The maximum absolute atomic E-state index is 12.2. The summed E-state index contributed by atoms with van der Waals surface area (Å²) in [6.45, 7) is 0. The zero-order valence-corrected chi connectivity index (χ0v) is 14.9. The van der Waals surface area contributed by atoms with Gasteiger partial charge < -0.3 is 16.2 Å². The van der Waals surface area contributed by atoms with Crippen molar-refractivity contribution < 1.29 is 14.7 Å². The van der Waals surface area contributed by atoms with E-state index in [4.69, 9.17) is 17.3 Å². The molecule has 2 rings (SSSR count). The molecular weight excluding hydrogens is 396 g/mol. The van der Waals surface area contributed by atoms with Crippen LogP contribution in [0, 0.1) is 0 Å². The Morgan fingerprint density at radius 3 is 2.50 bits per heavy atom. The molecule has 0 fully saturated rings. The predicted octanol–water partition coefficient (Wildman–Crippen LogP) is 2.35. The van der Waals surface area contributed by atoms with Gasteiger partial charge in [0, 0.05) is 15.9 Å². The molecule has 2 atom stereocenters. The standard InChI is InChI=1S/C17H16BrClN2O3/c18-13-7-6-12(19)8-11(13)9-14(16(20)23)21-17(24)15(22)10-4-2-1-3-5-10/h1-8,14-15,22H,9H2,(H2,20,23)(H,21,24)/t14-,15-/m0/s1. The van der Waals surface area contributed by atoms with Crippen molar-refractivity contribution in [1.82, 2.24) is 5.32 Å². The maximum Gasteiger partial charge on any atom is 0.254 e. The van der Waals surface area contributed by atoms with Crippen molar-refractivity contribution in [3.8, 4) is 0 Å². The first-order chi connectivity index (χ1) is 11.4. The summed E-state index contributed by atoms with van der Waals surface area (Å²) in [6.07, 6.45) is -1.22. The first-order valence-electron chi connectivity index (χ1n) is 7.15. The van der Waals surface area contributed by atoms with Crippen molar-refractivity contribution in [1.29, 1.82) is 0 Å². The van der Waals surface area contributed by atoms with Crippen LogP contribution in [0.3, 0.4) is 0 Å². The van der Waals surface area contributed by atoms with Crippen molar-refractivity contribution in [2.24, 2.45) is 5.73 Å². The molecule has 0 heterocycles. The molecule has 0 radical (unpaired) electrons. The largest absolute Gasteiger partial charge is 0.378 e. The van der Waals surface area contributed by atoms with Crippen LogP contribution in [0.2, 0.25) is 5.02 Å². The highest BCUT2D eigenvalue weighted by Crippen LogP contribution is 2.22. The van der Waals surface area contributed by atoms with E-state index in [-0.39, 0.29) is 6.42 Å². The third-order valence-electron chi connectivity index (χ3n) is 3.46. The van der Waals surface area contributed by atoms with Crippen molar-refractivity contribution in [3.63, 3.8) is 0 Å². The van der Waals surface area contributed by atoms with E-state index in [0.29, 0.717) is 10.6 Å². The highest BCUT2D eigenvalue weighted by molar-refractivity contribution is 9.10. The van der Waals surface area contributed by atoms with Gasteiger partial charge in [-0.25, -0.2) is 0 Å². The molecule has 2 aromatic rings. The topological polar surface area (TPSA) is 92.4 Å². The van der Waals surface area contributed by atoms with E-state index in [0.717, 1.165) is 10.0 Å². The van der Waals surface area contributed by atoms with Gasteiger partial charge in [-0.15, -0.1) is 0 Å². The van der Waals surface area contributed by atoms with Crippen LogP contribution in [0.25, 0.3) is 0 Å². The van der Waals surface area contributed by atoms with Gasteiger partial charge in [-0.2, -0.15) is 0 Å². The normalized spacial score (nSPS) is 13.1. The number of halogens is 2. The fourth-order valence-corrected chi connectivity index (χ4v) is 2.78. The van der Waals surface area contributed by atoms with Gasteiger partial charge in [0.25, 0.3) is 5.91 Å². The molecular formula is C17H16BrClN2O3. The SMILES string of the molecule is NC(=O)[C@H](Cc1cc(Cl)ccc1Br)NC(=O)[C@@H](O)c1ccccc1. The average molecular weight is 412 g/mol. The number of aliphatic hydroxyl groups is 1. The van der Waals surface area contributed by atoms with Gasteiger partial charge in [-0.1, -0.05) is 57.9 Å². The number of nitrogens with two attached hydrogens (primary N) is 1. The molecule has 0 aromatic heterocycles. The molecule has 5 nitrogen and oxygen atoms in total. The highest BCUT2D eigenvalue weighted by Gasteiger charge is 2.24. The van der Waals surface area contributed by atoms with E-state index in [2.05, 4.69) is 21.2 Å². The zero-order chi connectivity index (χ0) is 17.7. The Hall–Kier alpha value is -1.89. The first kappa shape index (κ1) is 18.4. The fraction of sp³-hybridized carbons (Fsp3) is 0.176. The van der Waals surface area contributed by atoms with Crippen LogP contribution in [-0.2, 0) is 16.0 Å². The first-order valence-corrected chi connectivity index (χ1v) is 8.32. The van der Waals surface area contributed by atoms with Gasteiger partial charge in [0.15, 0.2) is 6.10 Å². The van der Waals surface area contributed by atoms with Crippen molar-refractivity contribution in [2.75, 3.05) is 0 Å². The number of aliphatic hydroxyl groups excluding tert-OH is 1. The Balaban J connectivity index is 2.12. The van der Waals surface area contributed by atoms with Crippen LogP contribution in [0.1, 0.15) is 17.2 Å². The number of nitrogens with one attached hydrogen (secondary N) is 1. The minimum Gasteiger partial charge on any atom is -0.378 e. The number of amides is 2. The summed E-state index contributed by atoms with van der Waals surface area (Å²) >= 11 is 9.32. The number of carbonyl (C=O) groups excluding carboxylic acids is 2. The summed E-state index contributed by atoms with van der Waals surface area (Å²) in [5, 5.41) is 13.1. The molecule has 0 unspecified atom stereocenters. The van der Waals surface area contributed by atoms with Gasteiger partial charge in [0.1, 0.15) is 6.04 Å². The number of primary amides is 1. The average Bonchev–Trinajstić information content (AvgIpc) is 2.57. The molecule has 0 aliphatic carbocycles. The monoisotopic (exact) mass is 410 g/mol. The van der Waals surface area contributed by atoms with E-state index < -0.39 is 24.0 Å². The lowest BCUT2D eigenvalue weighted by Crippen LogP contribution is -2.47. The molecule has 126 valence electrons. The van der Waals surface area contributed by atoms with E-state index in [1.54, 1.807) is 48.5 Å². The van der Waals surface area contributed by atoms with Gasteiger partial charge in [0.05, 0.1) is 0 Å². The summed E-state index contributed by atoms with van der Waals surface area (Å²) in [7, 11) is 0. The Kier molecular flexibility index (Phi) is 6.36. The maximum atomic E-state index is 12.2. The summed E-state index contributed by atoms with van der Waals surface area (Å²) in [5.74, 6) is -1.39. The van der Waals surface area contributed by atoms with Gasteiger partial charge in [-0.3, -0.25) is 9.59 Å². The van der Waals surface area contributed by atoms with E-state index >= 15 is 0 Å². The van der Waals surface area contributed by atoms with Crippen molar-refractivity contribution in [3.05, 3.63) is 69.2 Å². The molecule has 24 heavy (non-hydrogen) atoms. The van der Waals surface area contributed by atoms with E-state index in [9.17, 15) is 14.7 Å². The Labute approximate surface area is 152 Å². The summed E-state index contributed by atoms with van der Waals surface area (Å²) in [6, 6.07) is 12.6. The number of carbonyl (C=O) groups is 2. The molecule has 0 bridgehead atoms. The molecule has 0 saturated carbocycles. The molecule has 0 spiro atoms. The van der Waals surface area contributed by atoms with Crippen molar-refractivity contribution >= 4 is 39.3 Å². The molecule has 7 heteroatoms. The fourth-order valence-electron chi connectivity index (χ4n) is 2.18. The third-order valence-corrected chi connectivity index (χ3v) is 4.46. The zero-order valence-electron chi connectivity index (χ0n) is 12.6. The van der Waals surface area contributed by atoms with Crippen LogP contribution in [0.15, 0.2) is 53.0 Å². The van der Waals surface area contributed by atoms with Crippen molar-refractivity contribution in [2.45, 2.75) is 18.6 Å². The second kappa shape index (κ2) is 8.28. The Morgan fingerprint density at radius 2 is 1.88 bits per heavy atom. The van der Waals surface area contributed by atoms with Gasteiger partial charge >= 0.3 is 0 Å². The Morgan fingerprint density at radius 1 is 1.21 bits per heavy atom. The second-order valence-corrected chi connectivity index (χ2v) is 6.51. The van der Waals surface area contributed by atoms with Crippen LogP contribution < -0.4 is 11.1 Å². The van der Waals surface area contributed by atoms with Crippen LogP contribution >= 0.6 is 27.5 Å². The quantitative estimate of drug-likeness (QED) is 0.681. The summed E-state index contributed by atoms with van der Waals surface area (Å²) in [5.41, 5.74) is 6.53. The number of rotatable bonds is 6. The lowest BCUT2D eigenvalue weighted by Gasteiger charge is -2.19. The molecule has 0 aliphatic heterocycles. The van der Waals surface area contributed by atoms with Gasteiger partial charge in [0.2, 0.25) is 5.91 Å². The molecule has 0 saturated heterocycles. The predicted molar refractivity (Wildman–Crippen MR) is 95.4 cm³/mol. The number of hydrogen-bond acceptors (Lipinski definition) is 3. The third kappa shape index (κ3) is 4.80. The summed E-state index contributed by atoms with van der Waals surface area (Å²) < 4.78 is 0.746. The second-order valence-electron chi connectivity index (χ2n) is 5.22. The number of hydrogen-bond donors (Lipinski definition) is 3. The van der Waals surface area contributed by atoms with Crippen LogP contribution in [0.4, 0.5) is 0 Å². The van der Waals surface area contributed by atoms with Crippen LogP contribution in [-0.4, -0.2) is 23.0 Å². The van der Waals surface area contributed by atoms with E-state index in [1.807, 2.05) is 0 Å². The highest BCUT2D eigenvalue weighted by atomic mass is 79.9. The number of benzene rings is 2.